The quantitative estimate of drug-likeness (QED) is 0.865. The Balaban J connectivity index is 1.90. The van der Waals surface area contributed by atoms with Gasteiger partial charge in [-0.15, -0.1) is 0 Å². The van der Waals surface area contributed by atoms with Crippen molar-refractivity contribution in [1.29, 1.82) is 0 Å². The first-order chi connectivity index (χ1) is 8.65. The summed E-state index contributed by atoms with van der Waals surface area (Å²) in [5, 5.41) is 3.29. The van der Waals surface area contributed by atoms with Crippen molar-refractivity contribution in [2.45, 2.75) is 20.3 Å². The molecule has 2 aromatic rings. The molecule has 1 aromatic heterocycles. The van der Waals surface area contributed by atoms with Gasteiger partial charge in [-0.05, 0) is 31.4 Å². The molecule has 0 atom stereocenters. The zero-order valence-corrected chi connectivity index (χ0v) is 10.9. The predicted molar refractivity (Wildman–Crippen MR) is 76.8 cm³/mol. The minimum absolute atomic E-state index is 0.781. The topological polar surface area (TPSA) is 50.9 Å². The molecule has 2 rings (SSSR count). The highest BCUT2D eigenvalue weighted by molar-refractivity contribution is 5.53. The van der Waals surface area contributed by atoms with E-state index in [9.17, 15) is 0 Å². The van der Waals surface area contributed by atoms with Gasteiger partial charge in [0.25, 0.3) is 0 Å². The average Bonchev–Trinajstić information content (AvgIpc) is 2.34. The van der Waals surface area contributed by atoms with E-state index in [4.69, 9.17) is 5.73 Å². The van der Waals surface area contributed by atoms with Crippen LogP contribution in [0.15, 0.2) is 36.5 Å². The third-order valence-electron chi connectivity index (χ3n) is 2.95. The van der Waals surface area contributed by atoms with E-state index in [0.717, 1.165) is 30.0 Å². The predicted octanol–water partition coefficient (Wildman–Crippen LogP) is 2.94. The van der Waals surface area contributed by atoms with E-state index in [0.29, 0.717) is 0 Å². The van der Waals surface area contributed by atoms with E-state index in [1.165, 1.54) is 11.1 Å². The summed E-state index contributed by atoms with van der Waals surface area (Å²) in [5.41, 5.74) is 10.3. The maximum Gasteiger partial charge on any atom is 0.127 e. The van der Waals surface area contributed by atoms with Gasteiger partial charge in [0.1, 0.15) is 5.82 Å². The zero-order chi connectivity index (χ0) is 13.0. The lowest BCUT2D eigenvalue weighted by Gasteiger charge is -2.08. The molecule has 0 saturated carbocycles. The third-order valence-corrected chi connectivity index (χ3v) is 2.95. The van der Waals surface area contributed by atoms with Crippen LogP contribution in [0.5, 0.6) is 0 Å². The Morgan fingerprint density at radius 2 is 2.06 bits per heavy atom. The van der Waals surface area contributed by atoms with E-state index in [2.05, 4.69) is 41.5 Å². The van der Waals surface area contributed by atoms with Gasteiger partial charge in [0.05, 0.1) is 0 Å². The van der Waals surface area contributed by atoms with Crippen LogP contribution >= 0.6 is 0 Å². The first kappa shape index (κ1) is 12.4. The van der Waals surface area contributed by atoms with E-state index < -0.39 is 0 Å². The lowest BCUT2D eigenvalue weighted by Crippen LogP contribution is -2.07. The molecular weight excluding hydrogens is 222 g/mol. The third kappa shape index (κ3) is 3.23. The fraction of sp³-hybridized carbons (Fsp3) is 0.267. The largest absolute Gasteiger partial charge is 0.398 e. The number of aryl methyl sites for hydroxylation is 2. The summed E-state index contributed by atoms with van der Waals surface area (Å²) in [6, 6.07) is 10.4. The lowest BCUT2D eigenvalue weighted by molar-refractivity contribution is 1.00. The molecule has 94 valence electrons. The molecule has 18 heavy (non-hydrogen) atoms. The van der Waals surface area contributed by atoms with Gasteiger partial charge in [-0.3, -0.25) is 0 Å². The first-order valence-electron chi connectivity index (χ1n) is 6.16. The second-order valence-electron chi connectivity index (χ2n) is 4.59. The number of rotatable bonds is 4. The minimum Gasteiger partial charge on any atom is -0.398 e. The molecule has 0 amide bonds. The molecule has 0 aliphatic heterocycles. The number of hydrogen-bond donors (Lipinski definition) is 2. The Morgan fingerprint density at radius 3 is 2.78 bits per heavy atom. The Labute approximate surface area is 108 Å². The van der Waals surface area contributed by atoms with Crippen molar-refractivity contribution in [2.24, 2.45) is 0 Å². The lowest BCUT2D eigenvalue weighted by atomic mass is 10.1. The van der Waals surface area contributed by atoms with E-state index >= 15 is 0 Å². The second kappa shape index (κ2) is 5.54. The summed E-state index contributed by atoms with van der Waals surface area (Å²) in [6.07, 6.45) is 2.78. The molecule has 1 heterocycles. The second-order valence-corrected chi connectivity index (χ2v) is 4.59. The zero-order valence-electron chi connectivity index (χ0n) is 10.9. The van der Waals surface area contributed by atoms with Crippen LogP contribution in [0, 0.1) is 13.8 Å². The Bertz CT molecular complexity index is 535. The SMILES string of the molecule is Cc1cccc(CCNc2cc(N)c(C)cn2)c1. The summed E-state index contributed by atoms with van der Waals surface area (Å²) in [6.45, 7) is 4.93. The number of nitrogens with one attached hydrogen (secondary N) is 1. The average molecular weight is 241 g/mol. The van der Waals surface area contributed by atoms with Gasteiger partial charge in [0.15, 0.2) is 0 Å². The van der Waals surface area contributed by atoms with Gasteiger partial charge in [-0.2, -0.15) is 0 Å². The summed E-state index contributed by atoms with van der Waals surface area (Å²) in [5.74, 6) is 0.839. The highest BCUT2D eigenvalue weighted by atomic mass is 15.0. The number of pyridine rings is 1. The maximum absolute atomic E-state index is 5.84. The van der Waals surface area contributed by atoms with E-state index in [1.54, 1.807) is 6.20 Å². The van der Waals surface area contributed by atoms with Crippen molar-refractivity contribution < 1.29 is 0 Å². The van der Waals surface area contributed by atoms with Crippen LogP contribution in [-0.2, 0) is 6.42 Å². The van der Waals surface area contributed by atoms with Crippen molar-refractivity contribution in [2.75, 3.05) is 17.6 Å². The van der Waals surface area contributed by atoms with Gasteiger partial charge < -0.3 is 11.1 Å². The van der Waals surface area contributed by atoms with Gasteiger partial charge in [0.2, 0.25) is 0 Å². The molecule has 0 spiro atoms. The highest BCUT2D eigenvalue weighted by Gasteiger charge is 1.98. The summed E-state index contributed by atoms with van der Waals surface area (Å²) in [7, 11) is 0. The van der Waals surface area contributed by atoms with Crippen LogP contribution < -0.4 is 11.1 Å². The summed E-state index contributed by atoms with van der Waals surface area (Å²) >= 11 is 0. The number of nitrogens with two attached hydrogens (primary N) is 1. The molecule has 3 nitrogen and oxygen atoms in total. The van der Waals surface area contributed by atoms with Crippen molar-refractivity contribution in [3.63, 3.8) is 0 Å². The molecule has 1 aromatic carbocycles. The Hall–Kier alpha value is -2.03. The number of anilines is 2. The van der Waals surface area contributed by atoms with Crippen LogP contribution in [0.2, 0.25) is 0 Å². The van der Waals surface area contributed by atoms with Crippen LogP contribution in [0.3, 0.4) is 0 Å². The van der Waals surface area contributed by atoms with E-state index in [-0.39, 0.29) is 0 Å². The molecule has 3 heteroatoms. The molecule has 0 aliphatic rings. The molecule has 0 radical (unpaired) electrons. The number of nitrogens with zero attached hydrogens (tertiary/aromatic N) is 1. The van der Waals surface area contributed by atoms with Gasteiger partial charge in [0, 0.05) is 24.5 Å². The Morgan fingerprint density at radius 1 is 1.22 bits per heavy atom. The maximum atomic E-state index is 5.84. The molecule has 3 N–H and O–H groups in total. The normalized spacial score (nSPS) is 10.3. The summed E-state index contributed by atoms with van der Waals surface area (Å²) in [4.78, 5) is 4.30. The molecule has 0 bridgehead atoms. The molecule has 0 aliphatic carbocycles. The Kier molecular flexibility index (Phi) is 3.82. The first-order valence-corrected chi connectivity index (χ1v) is 6.16. The van der Waals surface area contributed by atoms with Gasteiger partial charge in [-0.25, -0.2) is 4.98 Å². The monoisotopic (exact) mass is 241 g/mol. The molecule has 0 fully saturated rings. The fourth-order valence-corrected chi connectivity index (χ4v) is 1.84. The number of aromatic nitrogens is 1. The van der Waals surface area contributed by atoms with Crippen LogP contribution in [-0.4, -0.2) is 11.5 Å². The standard InChI is InChI=1S/C15H19N3/c1-11-4-3-5-13(8-11)6-7-17-15-9-14(16)12(2)10-18-15/h3-5,8-10H,6-7H2,1-2H3,(H3,16,17,18). The number of nitrogen functional groups attached to an aromatic ring is 1. The smallest absolute Gasteiger partial charge is 0.127 e. The van der Waals surface area contributed by atoms with Crippen molar-refractivity contribution in [3.05, 3.63) is 53.2 Å². The van der Waals surface area contributed by atoms with Crippen molar-refractivity contribution in [1.82, 2.24) is 4.98 Å². The van der Waals surface area contributed by atoms with E-state index in [1.807, 2.05) is 13.0 Å². The molecular formula is C15H19N3. The van der Waals surface area contributed by atoms with Crippen molar-refractivity contribution >= 4 is 11.5 Å². The van der Waals surface area contributed by atoms with Crippen LogP contribution in [0.4, 0.5) is 11.5 Å². The minimum atomic E-state index is 0.781. The molecule has 0 unspecified atom stereocenters. The molecule has 0 saturated heterocycles. The van der Waals surface area contributed by atoms with Crippen LogP contribution in [0.25, 0.3) is 0 Å². The van der Waals surface area contributed by atoms with Crippen molar-refractivity contribution in [3.8, 4) is 0 Å². The number of hydrogen-bond acceptors (Lipinski definition) is 3. The van der Waals surface area contributed by atoms with Gasteiger partial charge in [-0.1, -0.05) is 29.8 Å². The van der Waals surface area contributed by atoms with Gasteiger partial charge >= 0.3 is 0 Å². The number of benzene rings is 1. The fourth-order valence-electron chi connectivity index (χ4n) is 1.84. The highest BCUT2D eigenvalue weighted by Crippen LogP contribution is 2.13. The summed E-state index contributed by atoms with van der Waals surface area (Å²) < 4.78 is 0. The van der Waals surface area contributed by atoms with Crippen LogP contribution in [0.1, 0.15) is 16.7 Å².